The van der Waals surface area contributed by atoms with Crippen molar-refractivity contribution in [2.75, 3.05) is 0 Å². The molecule has 1 aromatic rings. The Morgan fingerprint density at radius 2 is 2.08 bits per heavy atom. The van der Waals surface area contributed by atoms with Crippen molar-refractivity contribution in [1.29, 1.82) is 0 Å². The Labute approximate surface area is 66.0 Å². The Bertz CT molecular complexity index is 298. The van der Waals surface area contributed by atoms with Crippen LogP contribution < -0.4 is 0 Å². The Morgan fingerprint density at radius 1 is 1.50 bits per heavy atom. The van der Waals surface area contributed by atoms with Crippen molar-refractivity contribution in [2.45, 2.75) is 13.1 Å². The lowest BCUT2D eigenvalue weighted by Gasteiger charge is -2.02. The van der Waals surface area contributed by atoms with Crippen LogP contribution in [0.25, 0.3) is 0 Å². The number of carbonyl (C=O) groups is 1. The average molecular weight is 178 g/mol. The molecule has 0 N–H and O–H groups in total. The number of Topliss-reactive ketones (excluding diaryl/α,β-unsaturated/α-hetero) is 1. The summed E-state index contributed by atoms with van der Waals surface area (Å²) in [6.07, 6.45) is -3.75. The predicted octanol–water partition coefficient (Wildman–Crippen LogP) is 2.50. The lowest BCUT2D eigenvalue weighted by Crippen LogP contribution is -2.08. The van der Waals surface area contributed by atoms with Gasteiger partial charge in [0.1, 0.15) is 0 Å². The van der Waals surface area contributed by atoms with Crippen molar-refractivity contribution in [2.24, 2.45) is 0 Å². The first-order chi connectivity index (χ1) is 5.43. The molecule has 0 radical (unpaired) electrons. The maximum atomic E-state index is 12.0. The first kappa shape index (κ1) is 8.83. The molecule has 1 aromatic heterocycles. The number of carbonyl (C=O) groups excluding carboxylic acids is 1. The van der Waals surface area contributed by atoms with Crippen LogP contribution in [0.5, 0.6) is 0 Å². The van der Waals surface area contributed by atoms with Crippen LogP contribution in [0.1, 0.15) is 23.0 Å². The molecule has 0 aliphatic rings. The first-order valence-electron chi connectivity index (χ1n) is 3.08. The molecule has 0 saturated carbocycles. The fourth-order valence-electron chi connectivity index (χ4n) is 0.806. The van der Waals surface area contributed by atoms with Gasteiger partial charge in [-0.25, -0.2) is 0 Å². The molecule has 1 heterocycles. The molecule has 0 aliphatic carbocycles. The second-order valence-electron chi connectivity index (χ2n) is 2.22. The van der Waals surface area contributed by atoms with Crippen LogP contribution in [-0.4, -0.2) is 5.78 Å². The molecule has 0 aliphatic heterocycles. The van der Waals surface area contributed by atoms with Crippen LogP contribution in [0.3, 0.4) is 0 Å². The van der Waals surface area contributed by atoms with Gasteiger partial charge in [0.05, 0.1) is 11.8 Å². The number of alkyl halides is 3. The molecule has 1 rings (SSSR count). The van der Waals surface area contributed by atoms with E-state index in [9.17, 15) is 18.0 Å². The van der Waals surface area contributed by atoms with Gasteiger partial charge in [-0.1, -0.05) is 0 Å². The molecular weight excluding hydrogens is 173 g/mol. The van der Waals surface area contributed by atoms with Gasteiger partial charge in [0.25, 0.3) is 0 Å². The van der Waals surface area contributed by atoms with E-state index >= 15 is 0 Å². The third-order valence-corrected chi connectivity index (χ3v) is 1.30. The summed E-state index contributed by atoms with van der Waals surface area (Å²) in [5, 5.41) is 0. The molecule has 0 spiro atoms. The molecule has 2 nitrogen and oxygen atoms in total. The van der Waals surface area contributed by atoms with E-state index in [1.165, 1.54) is 0 Å². The SMILES string of the molecule is CC(=O)c1ccoc1C(F)(F)F. The van der Waals surface area contributed by atoms with E-state index in [2.05, 4.69) is 4.42 Å². The van der Waals surface area contributed by atoms with Gasteiger partial charge in [-0.05, 0) is 13.0 Å². The van der Waals surface area contributed by atoms with E-state index in [1.807, 2.05) is 0 Å². The third kappa shape index (κ3) is 1.49. The third-order valence-electron chi connectivity index (χ3n) is 1.30. The summed E-state index contributed by atoms with van der Waals surface area (Å²) < 4.78 is 40.1. The highest BCUT2D eigenvalue weighted by atomic mass is 19.4. The Morgan fingerprint density at radius 3 is 2.42 bits per heavy atom. The number of hydrogen-bond donors (Lipinski definition) is 0. The van der Waals surface area contributed by atoms with E-state index in [0.717, 1.165) is 19.3 Å². The predicted molar refractivity (Wildman–Crippen MR) is 33.7 cm³/mol. The summed E-state index contributed by atoms with van der Waals surface area (Å²) in [4.78, 5) is 10.6. The summed E-state index contributed by atoms with van der Waals surface area (Å²) in [6.45, 7) is 1.06. The lowest BCUT2D eigenvalue weighted by atomic mass is 10.2. The molecule has 0 atom stereocenters. The van der Waals surface area contributed by atoms with Crippen molar-refractivity contribution in [3.05, 3.63) is 23.7 Å². The van der Waals surface area contributed by atoms with Crippen LogP contribution >= 0.6 is 0 Å². The quantitative estimate of drug-likeness (QED) is 0.618. The number of halogens is 3. The van der Waals surface area contributed by atoms with E-state index in [-0.39, 0.29) is 0 Å². The smallest absolute Gasteiger partial charge is 0.450 e. The molecule has 0 amide bonds. The average Bonchev–Trinajstić information content (AvgIpc) is 2.30. The molecule has 12 heavy (non-hydrogen) atoms. The zero-order chi connectivity index (χ0) is 9.35. The van der Waals surface area contributed by atoms with Gasteiger partial charge >= 0.3 is 6.18 Å². The zero-order valence-corrected chi connectivity index (χ0v) is 6.11. The van der Waals surface area contributed by atoms with E-state index in [4.69, 9.17) is 0 Å². The van der Waals surface area contributed by atoms with E-state index in [1.54, 1.807) is 0 Å². The van der Waals surface area contributed by atoms with Crippen LogP contribution in [-0.2, 0) is 6.18 Å². The maximum Gasteiger partial charge on any atom is 0.450 e. The normalized spacial score (nSPS) is 11.7. The summed E-state index contributed by atoms with van der Waals surface area (Å²) in [6, 6.07) is 1.01. The molecular formula is C7H5F3O2. The second kappa shape index (κ2) is 2.66. The molecule has 5 heteroatoms. The summed E-state index contributed by atoms with van der Waals surface area (Å²) in [7, 11) is 0. The highest BCUT2D eigenvalue weighted by Gasteiger charge is 2.38. The number of rotatable bonds is 1. The monoisotopic (exact) mass is 178 g/mol. The Kier molecular flexibility index (Phi) is 1.95. The van der Waals surface area contributed by atoms with Gasteiger partial charge in [-0.2, -0.15) is 13.2 Å². The molecule has 0 aromatic carbocycles. The second-order valence-corrected chi connectivity index (χ2v) is 2.22. The Hall–Kier alpha value is -1.26. The summed E-state index contributed by atoms with van der Waals surface area (Å²) in [5.74, 6) is -1.88. The standard InChI is InChI=1S/C7H5F3O2/c1-4(11)5-2-3-12-6(5)7(8,9)10/h2-3H,1H3. The lowest BCUT2D eigenvalue weighted by molar-refractivity contribution is -0.153. The van der Waals surface area contributed by atoms with Crippen LogP contribution in [0.4, 0.5) is 13.2 Å². The Balaban J connectivity index is 3.17. The summed E-state index contributed by atoms with van der Waals surface area (Å²) >= 11 is 0. The van der Waals surface area contributed by atoms with Gasteiger partial charge < -0.3 is 4.42 Å². The molecule has 0 fully saturated rings. The van der Waals surface area contributed by atoms with Gasteiger partial charge in [0.15, 0.2) is 5.78 Å². The van der Waals surface area contributed by atoms with Gasteiger partial charge in [-0.15, -0.1) is 0 Å². The van der Waals surface area contributed by atoms with Crippen molar-refractivity contribution >= 4 is 5.78 Å². The van der Waals surface area contributed by atoms with Gasteiger partial charge in [0, 0.05) is 0 Å². The fraction of sp³-hybridized carbons (Fsp3) is 0.286. The largest absolute Gasteiger partial charge is 0.459 e. The van der Waals surface area contributed by atoms with E-state index < -0.39 is 23.3 Å². The first-order valence-corrected chi connectivity index (χ1v) is 3.08. The van der Waals surface area contributed by atoms with Gasteiger partial charge in [0.2, 0.25) is 5.76 Å². The highest BCUT2D eigenvalue weighted by molar-refractivity contribution is 5.95. The van der Waals surface area contributed by atoms with E-state index in [0.29, 0.717) is 0 Å². The molecule has 0 unspecified atom stereocenters. The molecule has 0 bridgehead atoms. The fourth-order valence-corrected chi connectivity index (χ4v) is 0.806. The topological polar surface area (TPSA) is 30.2 Å². The van der Waals surface area contributed by atoms with Crippen molar-refractivity contribution in [1.82, 2.24) is 0 Å². The maximum absolute atomic E-state index is 12.0. The zero-order valence-electron chi connectivity index (χ0n) is 6.11. The van der Waals surface area contributed by atoms with Crippen molar-refractivity contribution in [3.8, 4) is 0 Å². The minimum Gasteiger partial charge on any atom is -0.459 e. The highest BCUT2D eigenvalue weighted by Crippen LogP contribution is 2.32. The van der Waals surface area contributed by atoms with Gasteiger partial charge in [-0.3, -0.25) is 4.79 Å². The summed E-state index contributed by atoms with van der Waals surface area (Å²) in [5.41, 5.74) is -0.428. The minimum absolute atomic E-state index is 0.428. The van der Waals surface area contributed by atoms with Crippen LogP contribution in [0.2, 0.25) is 0 Å². The number of hydrogen-bond acceptors (Lipinski definition) is 2. The minimum atomic E-state index is -4.59. The van der Waals surface area contributed by atoms with Crippen LogP contribution in [0.15, 0.2) is 16.7 Å². The molecule has 0 saturated heterocycles. The van der Waals surface area contributed by atoms with Crippen LogP contribution in [0, 0.1) is 0 Å². The number of furan rings is 1. The van der Waals surface area contributed by atoms with Crippen molar-refractivity contribution in [3.63, 3.8) is 0 Å². The number of ketones is 1. The molecule has 66 valence electrons. The van der Waals surface area contributed by atoms with Crippen molar-refractivity contribution < 1.29 is 22.4 Å².